The van der Waals surface area contributed by atoms with Crippen molar-refractivity contribution < 1.29 is 9.53 Å². The van der Waals surface area contributed by atoms with Crippen molar-refractivity contribution in [1.82, 2.24) is 9.80 Å². The molecular formula is C32H42N2O2. The Hall–Kier alpha value is -2.17. The van der Waals surface area contributed by atoms with E-state index in [-0.39, 0.29) is 17.6 Å². The molecule has 0 N–H and O–H groups in total. The number of likely N-dealkylation sites (tertiary alicyclic amines) is 2. The van der Waals surface area contributed by atoms with E-state index in [2.05, 4.69) is 70.5 Å². The van der Waals surface area contributed by atoms with Gasteiger partial charge in [-0.25, -0.2) is 0 Å². The summed E-state index contributed by atoms with van der Waals surface area (Å²) in [5, 5.41) is 0. The van der Waals surface area contributed by atoms with E-state index in [1.807, 2.05) is 0 Å². The van der Waals surface area contributed by atoms with Crippen LogP contribution < -0.4 is 0 Å². The first-order chi connectivity index (χ1) is 17.7. The number of hydrogen-bond acceptors (Lipinski definition) is 4. The highest BCUT2D eigenvalue weighted by Gasteiger charge is 2.59. The van der Waals surface area contributed by atoms with Gasteiger partial charge >= 0.3 is 5.97 Å². The third kappa shape index (κ3) is 4.87. The van der Waals surface area contributed by atoms with Gasteiger partial charge in [0, 0.05) is 24.4 Å². The van der Waals surface area contributed by atoms with E-state index in [1.54, 1.807) is 0 Å². The van der Waals surface area contributed by atoms with Crippen molar-refractivity contribution >= 4 is 5.97 Å². The largest absolute Gasteiger partial charge is 0.462 e. The molecule has 2 aliphatic heterocycles. The number of benzene rings is 2. The Balaban J connectivity index is 1.30. The second kappa shape index (κ2) is 10.7. The summed E-state index contributed by atoms with van der Waals surface area (Å²) >= 11 is 0. The van der Waals surface area contributed by atoms with E-state index in [1.165, 1.54) is 69.2 Å². The molecule has 2 saturated heterocycles. The summed E-state index contributed by atoms with van der Waals surface area (Å²) in [4.78, 5) is 18.5. The normalized spacial score (nSPS) is 33.0. The van der Waals surface area contributed by atoms with Gasteiger partial charge in [0.2, 0.25) is 0 Å². The highest BCUT2D eigenvalue weighted by atomic mass is 16.5. The van der Waals surface area contributed by atoms with Crippen LogP contribution in [0.5, 0.6) is 0 Å². The second-order valence-electron chi connectivity index (χ2n) is 11.8. The number of ether oxygens (including phenoxy) is 1. The summed E-state index contributed by atoms with van der Waals surface area (Å²) in [7, 11) is 0. The lowest BCUT2D eigenvalue weighted by atomic mass is 9.51. The fraction of sp³-hybridized carbons (Fsp3) is 0.594. The second-order valence-corrected chi connectivity index (χ2v) is 11.8. The third-order valence-corrected chi connectivity index (χ3v) is 9.74. The molecule has 2 bridgehead atoms. The molecule has 36 heavy (non-hydrogen) atoms. The molecule has 192 valence electrons. The van der Waals surface area contributed by atoms with E-state index in [0.29, 0.717) is 24.2 Å². The van der Waals surface area contributed by atoms with Gasteiger partial charge in [0.05, 0.1) is 6.42 Å². The molecular weight excluding hydrogens is 444 g/mol. The Morgan fingerprint density at radius 3 is 1.89 bits per heavy atom. The molecule has 0 radical (unpaired) electrons. The van der Waals surface area contributed by atoms with Crippen molar-refractivity contribution in [2.45, 2.75) is 81.3 Å². The molecule has 0 spiro atoms. The Morgan fingerprint density at radius 1 is 0.750 bits per heavy atom. The molecule has 0 unspecified atom stereocenters. The Kier molecular flexibility index (Phi) is 7.17. The van der Waals surface area contributed by atoms with Crippen LogP contribution in [0.1, 0.15) is 80.8 Å². The van der Waals surface area contributed by atoms with Crippen molar-refractivity contribution in [3.05, 3.63) is 71.8 Å². The minimum atomic E-state index is -0.0163. The molecule has 5 aliphatic rings. The summed E-state index contributed by atoms with van der Waals surface area (Å²) < 4.78 is 6.51. The lowest BCUT2D eigenvalue weighted by Gasteiger charge is -2.61. The highest BCUT2D eigenvalue weighted by molar-refractivity contribution is 5.70. The number of fused-ring (bicyclic) bond motifs is 3. The molecule has 3 aliphatic carbocycles. The molecule has 2 aromatic rings. The van der Waals surface area contributed by atoms with Crippen LogP contribution in [0.4, 0.5) is 0 Å². The van der Waals surface area contributed by atoms with Crippen molar-refractivity contribution in [2.75, 3.05) is 32.7 Å². The predicted octanol–water partition coefficient (Wildman–Crippen LogP) is 5.99. The average Bonchev–Trinajstić information content (AvgIpc) is 3.50. The molecule has 5 fully saturated rings. The van der Waals surface area contributed by atoms with Gasteiger partial charge in [0.15, 0.2) is 0 Å². The third-order valence-electron chi connectivity index (χ3n) is 9.74. The summed E-state index contributed by atoms with van der Waals surface area (Å²) in [5.41, 5.74) is 2.95. The maximum Gasteiger partial charge on any atom is 0.307 e. The standard InChI is InChI=1S/C32H42N2O2/c35-30(16-21-33-17-8-3-9-18-33)36-29-24-32(34-19-10-11-20-34)22-27(25-12-4-1-5-13-25)31(29)28(23-32)26-14-6-2-7-15-26/h1-2,4-7,12-15,27-29,31H,3,8-11,16-24H2/t27-,28-,29-,31?,32?/m0/s1. The van der Waals surface area contributed by atoms with Crippen LogP contribution in [0, 0.1) is 5.92 Å². The summed E-state index contributed by atoms with van der Waals surface area (Å²) in [6.07, 6.45) is 10.3. The number of carbonyl (C=O) groups is 1. The number of piperidine rings is 1. The highest BCUT2D eigenvalue weighted by Crippen LogP contribution is 2.61. The summed E-state index contributed by atoms with van der Waals surface area (Å²) in [6, 6.07) is 22.2. The number of esters is 1. The van der Waals surface area contributed by atoms with Crippen molar-refractivity contribution in [2.24, 2.45) is 5.92 Å². The Morgan fingerprint density at radius 2 is 1.31 bits per heavy atom. The number of nitrogens with zero attached hydrogens (tertiary/aromatic N) is 2. The van der Waals surface area contributed by atoms with Gasteiger partial charge in [0.1, 0.15) is 6.10 Å². The maximum absolute atomic E-state index is 13.3. The van der Waals surface area contributed by atoms with Crippen LogP contribution in [-0.2, 0) is 9.53 Å². The monoisotopic (exact) mass is 486 g/mol. The van der Waals surface area contributed by atoms with Crippen molar-refractivity contribution in [1.29, 1.82) is 0 Å². The van der Waals surface area contributed by atoms with Gasteiger partial charge in [-0.05, 0) is 87.7 Å². The fourth-order valence-electron chi connectivity index (χ4n) is 8.09. The van der Waals surface area contributed by atoms with E-state index < -0.39 is 0 Å². The minimum absolute atomic E-state index is 0.00770. The van der Waals surface area contributed by atoms with Gasteiger partial charge in [-0.2, -0.15) is 0 Å². The molecule has 3 atom stereocenters. The zero-order valence-electron chi connectivity index (χ0n) is 21.7. The van der Waals surface area contributed by atoms with Crippen LogP contribution in [0.2, 0.25) is 0 Å². The smallest absolute Gasteiger partial charge is 0.307 e. The van der Waals surface area contributed by atoms with Gasteiger partial charge < -0.3 is 9.64 Å². The van der Waals surface area contributed by atoms with Crippen LogP contribution >= 0.6 is 0 Å². The molecule has 2 heterocycles. The first-order valence-electron chi connectivity index (χ1n) is 14.5. The fourth-order valence-corrected chi connectivity index (χ4v) is 8.09. The van der Waals surface area contributed by atoms with E-state index in [4.69, 9.17) is 4.74 Å². The van der Waals surface area contributed by atoms with Crippen molar-refractivity contribution in [3.8, 4) is 0 Å². The van der Waals surface area contributed by atoms with Crippen molar-refractivity contribution in [3.63, 3.8) is 0 Å². The Bertz CT molecular complexity index is 948. The quantitative estimate of drug-likeness (QED) is 0.450. The first kappa shape index (κ1) is 24.2. The van der Waals surface area contributed by atoms with Gasteiger partial charge in [-0.1, -0.05) is 67.1 Å². The first-order valence-corrected chi connectivity index (χ1v) is 14.5. The number of rotatable bonds is 7. The topological polar surface area (TPSA) is 32.8 Å². The molecule has 0 aromatic heterocycles. The molecule has 4 nitrogen and oxygen atoms in total. The molecule has 3 saturated carbocycles. The molecule has 4 heteroatoms. The lowest BCUT2D eigenvalue weighted by Crippen LogP contribution is -2.62. The SMILES string of the molecule is O=C(CCN1CCCCC1)O[C@H]1CC2(N3CCCC3)C[C@@H](c3ccccc3)C1[C@H](c1ccccc1)C2. The van der Waals surface area contributed by atoms with Gasteiger partial charge in [-0.3, -0.25) is 9.69 Å². The van der Waals surface area contributed by atoms with E-state index in [0.717, 1.165) is 26.1 Å². The lowest BCUT2D eigenvalue weighted by molar-refractivity contribution is -0.168. The van der Waals surface area contributed by atoms with E-state index in [9.17, 15) is 4.79 Å². The molecule has 0 amide bonds. The Labute approximate surface area is 217 Å². The number of hydrogen-bond donors (Lipinski definition) is 0. The summed E-state index contributed by atoms with van der Waals surface area (Å²) in [6.45, 7) is 5.47. The van der Waals surface area contributed by atoms with E-state index >= 15 is 0 Å². The molecule has 2 aromatic carbocycles. The zero-order valence-corrected chi connectivity index (χ0v) is 21.7. The van der Waals surface area contributed by atoms with Crippen LogP contribution in [-0.4, -0.2) is 60.1 Å². The predicted molar refractivity (Wildman–Crippen MR) is 144 cm³/mol. The van der Waals surface area contributed by atoms with Gasteiger partial charge in [-0.15, -0.1) is 0 Å². The summed E-state index contributed by atoms with van der Waals surface area (Å²) in [5.74, 6) is 1.17. The van der Waals surface area contributed by atoms with Crippen LogP contribution in [0.25, 0.3) is 0 Å². The molecule has 7 rings (SSSR count). The minimum Gasteiger partial charge on any atom is -0.462 e. The zero-order chi connectivity index (χ0) is 24.4. The maximum atomic E-state index is 13.3. The van der Waals surface area contributed by atoms with Gasteiger partial charge in [0.25, 0.3) is 0 Å². The van der Waals surface area contributed by atoms with Crippen LogP contribution in [0.3, 0.4) is 0 Å². The van der Waals surface area contributed by atoms with Crippen LogP contribution in [0.15, 0.2) is 60.7 Å². The average molecular weight is 487 g/mol. The number of carbonyl (C=O) groups excluding carboxylic acids is 1.